The Morgan fingerprint density at radius 3 is 2.05 bits per heavy atom. The highest BCUT2D eigenvalue weighted by molar-refractivity contribution is 7.54. The number of anilines is 1. The molecule has 0 aliphatic carbocycles. The van der Waals surface area contributed by atoms with Crippen LogP contribution in [0.15, 0.2) is 67.0 Å². The number of hydrogen-bond acceptors (Lipinski definition) is 10. The van der Waals surface area contributed by atoms with Crippen LogP contribution in [0.5, 0.6) is 28.9 Å². The molecule has 4 rings (SSSR count). The minimum absolute atomic E-state index is 0.267. The Balaban J connectivity index is 1.69. The van der Waals surface area contributed by atoms with Crippen LogP contribution in [0.3, 0.4) is 0 Å². The largest absolute Gasteiger partial charge is 0.493 e. The van der Waals surface area contributed by atoms with Gasteiger partial charge < -0.3 is 33.3 Å². The fraction of sp³-hybridized carbons (Fsp3) is 0.333. The van der Waals surface area contributed by atoms with Crippen molar-refractivity contribution in [3.05, 3.63) is 72.6 Å². The van der Waals surface area contributed by atoms with E-state index >= 15 is 0 Å². The summed E-state index contributed by atoms with van der Waals surface area (Å²) in [6, 6.07) is 18.4. The maximum atomic E-state index is 14.4. The Morgan fingerprint density at radius 2 is 1.46 bits per heavy atom. The summed E-state index contributed by atoms with van der Waals surface area (Å²) in [5, 5.41) is 4.18. The van der Waals surface area contributed by atoms with Gasteiger partial charge in [-0.25, -0.2) is 9.97 Å². The first-order valence-electron chi connectivity index (χ1n) is 13.4. The molecule has 1 N–H and O–H groups in total. The summed E-state index contributed by atoms with van der Waals surface area (Å²) in [6.45, 7) is 4.43. The molecule has 0 spiro atoms. The zero-order valence-electron chi connectivity index (χ0n) is 24.0. The lowest BCUT2D eigenvalue weighted by Crippen LogP contribution is -2.16. The highest BCUT2D eigenvalue weighted by Gasteiger charge is 2.38. The molecule has 11 heteroatoms. The van der Waals surface area contributed by atoms with Crippen molar-refractivity contribution >= 4 is 24.2 Å². The number of benzene rings is 3. The third-order valence-corrected chi connectivity index (χ3v) is 8.29. The van der Waals surface area contributed by atoms with Gasteiger partial charge in [0.15, 0.2) is 17.3 Å². The number of nitrogens with zero attached hydrogens (tertiary/aromatic N) is 2. The summed E-state index contributed by atoms with van der Waals surface area (Å²) >= 11 is 0. The molecular formula is C30H36N3O7P. The first kappa shape index (κ1) is 30.1. The lowest BCUT2D eigenvalue weighted by atomic mass is 10.1. The van der Waals surface area contributed by atoms with Gasteiger partial charge in [0.25, 0.3) is 0 Å². The first-order chi connectivity index (χ1) is 20.0. The van der Waals surface area contributed by atoms with Gasteiger partial charge in [0.2, 0.25) is 11.6 Å². The summed E-state index contributed by atoms with van der Waals surface area (Å²) in [5.74, 6) is 1.43. The molecule has 1 unspecified atom stereocenters. The Kier molecular flexibility index (Phi) is 10.4. The molecule has 0 aliphatic rings. The van der Waals surface area contributed by atoms with Gasteiger partial charge in [0.1, 0.15) is 12.1 Å². The molecule has 0 amide bonds. The van der Waals surface area contributed by atoms with Gasteiger partial charge in [-0.05, 0) is 66.9 Å². The molecule has 0 fully saturated rings. The van der Waals surface area contributed by atoms with E-state index < -0.39 is 13.4 Å². The van der Waals surface area contributed by atoms with E-state index in [1.807, 2.05) is 50.2 Å². The number of fused-ring (bicyclic) bond motifs is 1. The number of rotatable bonds is 15. The molecule has 218 valence electrons. The van der Waals surface area contributed by atoms with Crippen molar-refractivity contribution in [2.24, 2.45) is 0 Å². The number of aromatic nitrogens is 2. The van der Waals surface area contributed by atoms with Gasteiger partial charge in [0, 0.05) is 5.69 Å². The van der Waals surface area contributed by atoms with E-state index in [0.29, 0.717) is 53.0 Å². The van der Waals surface area contributed by atoms with Gasteiger partial charge in [-0.3, -0.25) is 4.57 Å². The van der Waals surface area contributed by atoms with Gasteiger partial charge in [-0.2, -0.15) is 0 Å². The number of methoxy groups -OCH3 is 3. The summed E-state index contributed by atoms with van der Waals surface area (Å²) in [5.41, 5.74) is 2.05. The van der Waals surface area contributed by atoms with E-state index in [1.54, 1.807) is 24.3 Å². The predicted molar refractivity (Wildman–Crippen MR) is 159 cm³/mol. The third kappa shape index (κ3) is 7.08. The van der Waals surface area contributed by atoms with Gasteiger partial charge in [0.05, 0.1) is 45.4 Å². The summed E-state index contributed by atoms with van der Waals surface area (Å²) < 4.78 is 48.9. The molecule has 0 saturated heterocycles. The third-order valence-electron chi connectivity index (χ3n) is 6.15. The minimum atomic E-state index is -3.74. The molecule has 1 aromatic heterocycles. The fourth-order valence-corrected chi connectivity index (χ4v) is 6.25. The van der Waals surface area contributed by atoms with Crippen molar-refractivity contribution in [2.45, 2.75) is 32.5 Å². The van der Waals surface area contributed by atoms with Crippen LogP contribution in [0.2, 0.25) is 0 Å². The fourth-order valence-electron chi connectivity index (χ4n) is 4.18. The second-order valence-electron chi connectivity index (χ2n) is 9.03. The van der Waals surface area contributed by atoms with Gasteiger partial charge in [-0.15, -0.1) is 0 Å². The summed E-state index contributed by atoms with van der Waals surface area (Å²) in [4.78, 5) is 8.58. The lowest BCUT2D eigenvalue weighted by molar-refractivity contribution is 0.199. The van der Waals surface area contributed by atoms with E-state index in [2.05, 4.69) is 15.3 Å². The van der Waals surface area contributed by atoms with Crippen molar-refractivity contribution in [1.82, 2.24) is 9.97 Å². The zero-order chi connectivity index (χ0) is 29.2. The number of ether oxygens (including phenoxy) is 4. The SMILES string of the molecule is CCCOP(=O)(OCCC)C(Nc1ccc(Oc2ncnc3ccccc23)cc1)c1cc(OC)c(OC)c(OC)c1. The molecule has 0 saturated carbocycles. The minimum Gasteiger partial charge on any atom is -0.493 e. The van der Waals surface area contributed by atoms with Crippen molar-refractivity contribution < 1.29 is 32.6 Å². The van der Waals surface area contributed by atoms with Crippen LogP contribution in [0.1, 0.15) is 38.0 Å². The molecule has 0 aliphatic heterocycles. The molecule has 10 nitrogen and oxygen atoms in total. The average Bonchev–Trinajstić information content (AvgIpc) is 3.01. The van der Waals surface area contributed by atoms with Crippen LogP contribution >= 0.6 is 7.60 Å². The maximum Gasteiger partial charge on any atom is 0.357 e. The quantitative estimate of drug-likeness (QED) is 0.141. The van der Waals surface area contributed by atoms with E-state index in [-0.39, 0.29) is 13.2 Å². The smallest absolute Gasteiger partial charge is 0.357 e. The van der Waals surface area contributed by atoms with Crippen molar-refractivity contribution in [3.63, 3.8) is 0 Å². The first-order valence-corrected chi connectivity index (χ1v) is 15.0. The molecule has 41 heavy (non-hydrogen) atoms. The predicted octanol–water partition coefficient (Wildman–Crippen LogP) is 7.60. The van der Waals surface area contributed by atoms with Crippen LogP contribution in [-0.4, -0.2) is 44.5 Å². The molecule has 1 atom stereocenters. The van der Waals surface area contributed by atoms with Crippen molar-refractivity contribution in [3.8, 4) is 28.9 Å². The summed E-state index contributed by atoms with van der Waals surface area (Å²) in [6.07, 6.45) is 2.82. The highest BCUT2D eigenvalue weighted by Crippen LogP contribution is 2.62. The Morgan fingerprint density at radius 1 is 0.829 bits per heavy atom. The highest BCUT2D eigenvalue weighted by atomic mass is 31.2. The van der Waals surface area contributed by atoms with E-state index in [1.165, 1.54) is 27.7 Å². The maximum absolute atomic E-state index is 14.4. The van der Waals surface area contributed by atoms with Crippen LogP contribution in [0.4, 0.5) is 5.69 Å². The van der Waals surface area contributed by atoms with Crippen molar-refractivity contribution in [1.29, 1.82) is 0 Å². The topological polar surface area (TPSA) is 110 Å². The zero-order valence-corrected chi connectivity index (χ0v) is 24.9. The van der Waals surface area contributed by atoms with E-state index in [9.17, 15) is 4.57 Å². The molecule has 3 aromatic carbocycles. The number of para-hydroxylation sites is 1. The molecule has 0 bridgehead atoms. The Hall–Kier alpha value is -3.85. The molecule has 0 radical (unpaired) electrons. The molecule has 1 heterocycles. The summed E-state index contributed by atoms with van der Waals surface area (Å²) in [7, 11) is 0.855. The van der Waals surface area contributed by atoms with Crippen LogP contribution in [0.25, 0.3) is 10.9 Å². The van der Waals surface area contributed by atoms with E-state index in [0.717, 1.165) is 10.9 Å². The van der Waals surface area contributed by atoms with Gasteiger partial charge in [-0.1, -0.05) is 26.0 Å². The van der Waals surface area contributed by atoms with E-state index in [4.69, 9.17) is 28.0 Å². The second kappa shape index (κ2) is 14.2. The van der Waals surface area contributed by atoms with Crippen LogP contribution < -0.4 is 24.3 Å². The Bertz CT molecular complexity index is 1440. The second-order valence-corrected chi connectivity index (χ2v) is 11.1. The number of nitrogens with one attached hydrogen (secondary N) is 1. The molecule has 4 aromatic rings. The van der Waals surface area contributed by atoms with Crippen LogP contribution in [-0.2, 0) is 13.6 Å². The monoisotopic (exact) mass is 581 g/mol. The van der Waals surface area contributed by atoms with Gasteiger partial charge >= 0.3 is 7.60 Å². The standard InChI is InChI=1S/C30H36N3O7P/c1-6-16-38-41(34,39-17-7-2)30(21-18-26(35-3)28(37-5)27(19-21)36-4)33-22-12-14-23(15-13-22)40-29-24-10-8-9-11-25(24)31-20-32-29/h8-15,18-20,30,33H,6-7,16-17H2,1-5H3. The Labute approximate surface area is 240 Å². The normalized spacial score (nSPS) is 12.1. The van der Waals surface area contributed by atoms with Crippen LogP contribution in [0, 0.1) is 0 Å². The lowest BCUT2D eigenvalue weighted by Gasteiger charge is -2.29. The molecular weight excluding hydrogens is 545 g/mol. The number of hydrogen-bond donors (Lipinski definition) is 1. The van der Waals surface area contributed by atoms with Crippen molar-refractivity contribution in [2.75, 3.05) is 39.9 Å². The average molecular weight is 582 g/mol.